The van der Waals surface area contributed by atoms with Gasteiger partial charge in [-0.15, -0.1) is 11.3 Å². The smallest absolute Gasteiger partial charge is 0.341 e. The first-order valence-electron chi connectivity index (χ1n) is 10.4. The van der Waals surface area contributed by atoms with Crippen molar-refractivity contribution in [1.82, 2.24) is 5.43 Å². The molecule has 0 unspecified atom stereocenters. The summed E-state index contributed by atoms with van der Waals surface area (Å²) in [6, 6.07) is 17.6. The van der Waals surface area contributed by atoms with Gasteiger partial charge in [-0.1, -0.05) is 53.5 Å². The third kappa shape index (κ3) is 6.38. The number of carbonyl (C=O) groups is 2. The first-order chi connectivity index (χ1) is 17.6. The number of benzene rings is 3. The molecule has 0 radical (unpaired) electrons. The Kier molecular flexibility index (Phi) is 7.98. The minimum absolute atomic E-state index is 0.0342. The number of carbonyl (C=O) groups excluding carboxylic acids is 1. The third-order valence-electron chi connectivity index (χ3n) is 4.93. The van der Waals surface area contributed by atoms with Crippen molar-refractivity contribution >= 4 is 79.1 Å². The normalized spacial score (nSPS) is 11.5. The fraction of sp³-hybridized carbons (Fsp3) is 0.0417. The molecule has 4 rings (SSSR count). The molecule has 0 bridgehead atoms. The van der Waals surface area contributed by atoms with Crippen LogP contribution in [0.5, 0.6) is 5.75 Å². The van der Waals surface area contributed by atoms with Crippen LogP contribution in [0.25, 0.3) is 10.8 Å². The molecular weight excluding hydrogens is 561 g/mol. The molecule has 37 heavy (non-hydrogen) atoms. The fourth-order valence-corrected chi connectivity index (χ4v) is 6.05. The van der Waals surface area contributed by atoms with Crippen LogP contribution in [0.2, 0.25) is 9.36 Å². The summed E-state index contributed by atoms with van der Waals surface area (Å²) in [4.78, 5) is 23.9. The second-order valence-corrected chi connectivity index (χ2v) is 11.5. The molecule has 1 aromatic heterocycles. The number of anilines is 1. The highest BCUT2D eigenvalue weighted by Crippen LogP contribution is 2.30. The number of ether oxygens (including phenoxy) is 1. The largest absolute Gasteiger partial charge is 0.481 e. The zero-order valence-corrected chi connectivity index (χ0v) is 21.8. The van der Waals surface area contributed by atoms with Gasteiger partial charge in [-0.2, -0.15) is 5.10 Å². The van der Waals surface area contributed by atoms with Crippen LogP contribution in [0, 0.1) is 0 Å². The number of rotatable bonds is 9. The van der Waals surface area contributed by atoms with Crippen LogP contribution in [0.15, 0.2) is 76.0 Å². The summed E-state index contributed by atoms with van der Waals surface area (Å²) in [6.07, 6.45) is 1.32. The van der Waals surface area contributed by atoms with Crippen molar-refractivity contribution in [3.05, 3.63) is 87.2 Å². The molecule has 0 saturated carbocycles. The van der Waals surface area contributed by atoms with E-state index in [0.717, 1.165) is 22.1 Å². The van der Waals surface area contributed by atoms with Gasteiger partial charge in [0.1, 0.15) is 9.96 Å². The summed E-state index contributed by atoms with van der Waals surface area (Å²) in [7, 11) is -4.03. The van der Waals surface area contributed by atoms with E-state index in [9.17, 15) is 18.0 Å². The molecule has 0 saturated heterocycles. The van der Waals surface area contributed by atoms with Gasteiger partial charge in [0.15, 0.2) is 6.61 Å². The maximum atomic E-state index is 12.9. The molecular formula is C24H17Cl2N3O6S2. The fourth-order valence-electron chi connectivity index (χ4n) is 3.33. The molecule has 1 amide bonds. The Hall–Kier alpha value is -3.64. The van der Waals surface area contributed by atoms with E-state index < -0.39 is 28.5 Å². The summed E-state index contributed by atoms with van der Waals surface area (Å²) in [5.41, 5.74) is 2.72. The Morgan fingerprint density at radius 3 is 2.57 bits per heavy atom. The van der Waals surface area contributed by atoms with Gasteiger partial charge in [0.05, 0.1) is 21.8 Å². The van der Waals surface area contributed by atoms with Crippen molar-refractivity contribution in [1.29, 1.82) is 0 Å². The molecule has 3 aromatic carbocycles. The molecule has 0 spiro atoms. The first-order valence-corrected chi connectivity index (χ1v) is 13.5. The number of nitrogens with one attached hydrogen (secondary N) is 2. The average molecular weight is 578 g/mol. The van der Waals surface area contributed by atoms with E-state index in [1.54, 1.807) is 24.3 Å². The lowest BCUT2D eigenvalue weighted by molar-refractivity contribution is -0.139. The standard InChI is InChI=1S/C24H17Cl2N3O6S2/c25-15-6-7-17(19(11-15)29-37(33,34)23-10-9-21(26)36-23)24(32)28-27-12-18-16-4-2-1-3-14(16)5-8-20(18)35-13-22(30)31/h1-12,29H,13H2,(H,28,32)(H,30,31)/b27-12-. The van der Waals surface area contributed by atoms with Gasteiger partial charge < -0.3 is 9.84 Å². The van der Waals surface area contributed by atoms with Crippen LogP contribution >= 0.6 is 34.5 Å². The zero-order chi connectivity index (χ0) is 26.6. The predicted octanol–water partition coefficient (Wildman–Crippen LogP) is 5.24. The molecule has 3 N–H and O–H groups in total. The molecule has 0 aliphatic heterocycles. The number of carboxylic acid groups (broad SMARTS) is 1. The molecule has 0 fully saturated rings. The van der Waals surface area contributed by atoms with Gasteiger partial charge in [0.25, 0.3) is 15.9 Å². The number of hydrogen-bond donors (Lipinski definition) is 3. The van der Waals surface area contributed by atoms with Crippen LogP contribution < -0.4 is 14.9 Å². The zero-order valence-electron chi connectivity index (χ0n) is 18.6. The van der Waals surface area contributed by atoms with E-state index in [0.29, 0.717) is 9.90 Å². The number of carboxylic acids is 1. The number of nitrogens with zero attached hydrogens (tertiary/aromatic N) is 1. The number of thiophene rings is 1. The second kappa shape index (κ2) is 11.2. The van der Waals surface area contributed by atoms with E-state index in [1.807, 2.05) is 12.1 Å². The Morgan fingerprint density at radius 2 is 1.84 bits per heavy atom. The van der Waals surface area contributed by atoms with Crippen LogP contribution in [-0.4, -0.2) is 38.2 Å². The van der Waals surface area contributed by atoms with Crippen LogP contribution in [0.3, 0.4) is 0 Å². The monoisotopic (exact) mass is 577 g/mol. The molecule has 0 aliphatic rings. The van der Waals surface area contributed by atoms with Crippen LogP contribution in [0.1, 0.15) is 15.9 Å². The van der Waals surface area contributed by atoms with Gasteiger partial charge in [-0.05, 0) is 47.2 Å². The Labute approximate surface area is 225 Å². The summed E-state index contributed by atoms with van der Waals surface area (Å²) < 4.78 is 33.5. The van der Waals surface area contributed by atoms with Gasteiger partial charge in [-0.25, -0.2) is 18.6 Å². The first kappa shape index (κ1) is 26.4. The van der Waals surface area contributed by atoms with E-state index in [1.165, 1.54) is 36.5 Å². The van der Waals surface area contributed by atoms with Crippen molar-refractivity contribution < 1.29 is 27.9 Å². The second-order valence-electron chi connectivity index (χ2n) is 7.43. The van der Waals surface area contributed by atoms with E-state index in [2.05, 4.69) is 15.2 Å². The molecule has 0 atom stereocenters. The van der Waals surface area contributed by atoms with E-state index in [4.69, 9.17) is 33.0 Å². The minimum Gasteiger partial charge on any atom is -0.481 e. The number of fused-ring (bicyclic) bond motifs is 1. The number of amides is 1. The lowest BCUT2D eigenvalue weighted by Gasteiger charge is -2.12. The van der Waals surface area contributed by atoms with E-state index >= 15 is 0 Å². The molecule has 4 aromatic rings. The molecule has 190 valence electrons. The van der Waals surface area contributed by atoms with Crippen molar-refractivity contribution in [2.45, 2.75) is 4.21 Å². The number of hydrazone groups is 1. The molecule has 9 nitrogen and oxygen atoms in total. The third-order valence-corrected chi connectivity index (χ3v) is 8.25. The number of aliphatic carboxylic acids is 1. The highest BCUT2D eigenvalue weighted by molar-refractivity contribution is 7.94. The number of sulfonamides is 1. The van der Waals surface area contributed by atoms with Crippen molar-refractivity contribution in [3.8, 4) is 5.75 Å². The number of halogens is 2. The van der Waals surface area contributed by atoms with Crippen molar-refractivity contribution in [3.63, 3.8) is 0 Å². The molecule has 1 heterocycles. The predicted molar refractivity (Wildman–Crippen MR) is 144 cm³/mol. The quantitative estimate of drug-likeness (QED) is 0.184. The topological polar surface area (TPSA) is 134 Å². The lowest BCUT2D eigenvalue weighted by atomic mass is 10.0. The van der Waals surface area contributed by atoms with Crippen molar-refractivity contribution in [2.24, 2.45) is 5.10 Å². The SMILES string of the molecule is O=C(O)COc1ccc2ccccc2c1/C=N\NC(=O)c1ccc(Cl)cc1NS(=O)(=O)c1ccc(Cl)s1. The summed E-state index contributed by atoms with van der Waals surface area (Å²) in [6.45, 7) is -0.560. The minimum atomic E-state index is -4.03. The summed E-state index contributed by atoms with van der Waals surface area (Å²) in [5.74, 6) is -1.61. The maximum Gasteiger partial charge on any atom is 0.341 e. The highest BCUT2D eigenvalue weighted by atomic mass is 35.5. The van der Waals surface area contributed by atoms with Crippen molar-refractivity contribution in [2.75, 3.05) is 11.3 Å². The number of hydrogen-bond acceptors (Lipinski definition) is 7. The van der Waals surface area contributed by atoms with Gasteiger partial charge >= 0.3 is 5.97 Å². The van der Waals surface area contributed by atoms with Crippen LogP contribution in [-0.2, 0) is 14.8 Å². The van der Waals surface area contributed by atoms with Gasteiger partial charge in [0, 0.05) is 10.6 Å². The lowest BCUT2D eigenvalue weighted by Crippen LogP contribution is -2.21. The maximum absolute atomic E-state index is 12.9. The Balaban J connectivity index is 1.60. The highest BCUT2D eigenvalue weighted by Gasteiger charge is 2.21. The molecule has 0 aliphatic carbocycles. The summed E-state index contributed by atoms with van der Waals surface area (Å²) in [5, 5.41) is 14.7. The Bertz CT molecular complexity index is 1640. The summed E-state index contributed by atoms with van der Waals surface area (Å²) >= 11 is 12.8. The van der Waals surface area contributed by atoms with Crippen LogP contribution in [0.4, 0.5) is 5.69 Å². The van der Waals surface area contributed by atoms with Gasteiger partial charge in [0.2, 0.25) is 0 Å². The van der Waals surface area contributed by atoms with Gasteiger partial charge in [-0.3, -0.25) is 9.52 Å². The average Bonchev–Trinajstić information content (AvgIpc) is 3.30. The Morgan fingerprint density at radius 1 is 1.05 bits per heavy atom. The molecule has 13 heteroatoms. The van der Waals surface area contributed by atoms with E-state index in [-0.39, 0.29) is 26.2 Å².